The molecule has 1 aromatic carbocycles. The summed E-state index contributed by atoms with van der Waals surface area (Å²) in [5, 5.41) is 0. The molecule has 2 atom stereocenters. The normalized spacial score (nSPS) is 26.1. The van der Waals surface area contributed by atoms with E-state index < -0.39 is 0 Å². The molecular formula is C14H22FN3. The quantitative estimate of drug-likeness (QED) is 0.865. The third kappa shape index (κ3) is 2.82. The predicted octanol–water partition coefficient (Wildman–Crippen LogP) is 1.54. The van der Waals surface area contributed by atoms with Crippen LogP contribution < -0.4 is 10.6 Å². The Morgan fingerprint density at radius 1 is 1.28 bits per heavy atom. The van der Waals surface area contributed by atoms with Crippen molar-refractivity contribution >= 4 is 5.69 Å². The van der Waals surface area contributed by atoms with Crippen LogP contribution in [0.2, 0.25) is 0 Å². The van der Waals surface area contributed by atoms with Gasteiger partial charge in [-0.3, -0.25) is 0 Å². The second-order valence-corrected chi connectivity index (χ2v) is 5.32. The average Bonchev–Trinajstić information content (AvgIpc) is 2.48. The molecule has 0 saturated carbocycles. The van der Waals surface area contributed by atoms with Crippen LogP contribution in [0.3, 0.4) is 0 Å². The van der Waals surface area contributed by atoms with Crippen LogP contribution >= 0.6 is 0 Å². The first-order chi connectivity index (χ1) is 8.61. The predicted molar refractivity (Wildman–Crippen MR) is 73.2 cm³/mol. The third-order valence-corrected chi connectivity index (χ3v) is 3.53. The Hall–Kier alpha value is -1.13. The fraction of sp³-hybridized carbons (Fsp3) is 0.571. The summed E-state index contributed by atoms with van der Waals surface area (Å²) in [5.74, 6) is 0.346. The van der Waals surface area contributed by atoms with E-state index >= 15 is 0 Å². The van der Waals surface area contributed by atoms with E-state index in [-0.39, 0.29) is 11.9 Å². The van der Waals surface area contributed by atoms with Crippen LogP contribution in [0.15, 0.2) is 24.3 Å². The van der Waals surface area contributed by atoms with Gasteiger partial charge in [-0.1, -0.05) is 19.1 Å². The molecule has 1 aliphatic rings. The standard InChI is InChI=1S/C14H22FN3/c1-11-8-17(2)10-12(7-16)18(9-11)14-6-4-3-5-13(14)15/h3-6,11-12H,7-10,16H2,1-2H3. The van der Waals surface area contributed by atoms with Crippen molar-refractivity contribution in [1.82, 2.24) is 4.90 Å². The highest BCUT2D eigenvalue weighted by Gasteiger charge is 2.27. The summed E-state index contributed by atoms with van der Waals surface area (Å²) in [6, 6.07) is 7.14. The Balaban J connectivity index is 2.30. The number of nitrogens with two attached hydrogens (primary N) is 1. The monoisotopic (exact) mass is 251 g/mol. The molecule has 100 valence electrons. The number of benzene rings is 1. The van der Waals surface area contributed by atoms with Gasteiger partial charge in [0.15, 0.2) is 0 Å². The fourth-order valence-electron chi connectivity index (χ4n) is 2.79. The maximum Gasteiger partial charge on any atom is 0.146 e. The van der Waals surface area contributed by atoms with Crippen LogP contribution in [-0.2, 0) is 0 Å². The Labute approximate surface area is 108 Å². The molecule has 1 aliphatic heterocycles. The van der Waals surface area contributed by atoms with Crippen LogP contribution in [0.5, 0.6) is 0 Å². The summed E-state index contributed by atoms with van der Waals surface area (Å²) in [6.07, 6.45) is 0. The fourth-order valence-corrected chi connectivity index (χ4v) is 2.79. The highest BCUT2D eigenvalue weighted by atomic mass is 19.1. The maximum absolute atomic E-state index is 13.9. The number of hydrogen-bond donors (Lipinski definition) is 1. The largest absolute Gasteiger partial charge is 0.363 e. The van der Waals surface area contributed by atoms with Crippen LogP contribution in [0.25, 0.3) is 0 Å². The molecule has 1 heterocycles. The van der Waals surface area contributed by atoms with Gasteiger partial charge in [0.1, 0.15) is 5.82 Å². The van der Waals surface area contributed by atoms with E-state index in [1.807, 2.05) is 12.1 Å². The van der Waals surface area contributed by atoms with Crippen LogP contribution in [0.4, 0.5) is 10.1 Å². The van der Waals surface area contributed by atoms with E-state index in [0.717, 1.165) is 19.6 Å². The zero-order valence-electron chi connectivity index (χ0n) is 11.1. The van der Waals surface area contributed by atoms with Crippen molar-refractivity contribution in [2.75, 3.05) is 38.1 Å². The molecule has 0 radical (unpaired) electrons. The zero-order valence-corrected chi connectivity index (χ0v) is 11.1. The second-order valence-electron chi connectivity index (χ2n) is 5.32. The summed E-state index contributed by atoms with van der Waals surface area (Å²) in [6.45, 7) is 5.51. The van der Waals surface area contributed by atoms with E-state index in [9.17, 15) is 4.39 Å². The molecule has 0 spiro atoms. The highest BCUT2D eigenvalue weighted by Crippen LogP contribution is 2.24. The molecule has 2 unspecified atom stereocenters. The minimum Gasteiger partial charge on any atom is -0.363 e. The van der Waals surface area contributed by atoms with E-state index in [1.54, 1.807) is 6.07 Å². The Morgan fingerprint density at radius 3 is 2.67 bits per heavy atom. The van der Waals surface area contributed by atoms with Gasteiger partial charge in [-0.2, -0.15) is 0 Å². The van der Waals surface area contributed by atoms with Crippen molar-refractivity contribution in [2.45, 2.75) is 13.0 Å². The number of para-hydroxylation sites is 1. The number of nitrogens with zero attached hydrogens (tertiary/aromatic N) is 2. The van der Waals surface area contributed by atoms with Gasteiger partial charge in [0.2, 0.25) is 0 Å². The molecule has 0 aromatic heterocycles. The van der Waals surface area contributed by atoms with Crippen LogP contribution in [0.1, 0.15) is 6.92 Å². The van der Waals surface area contributed by atoms with Crippen molar-refractivity contribution < 1.29 is 4.39 Å². The Morgan fingerprint density at radius 2 is 2.00 bits per heavy atom. The number of rotatable bonds is 2. The van der Waals surface area contributed by atoms with Gasteiger partial charge in [-0.05, 0) is 25.1 Å². The molecular weight excluding hydrogens is 229 g/mol. The van der Waals surface area contributed by atoms with E-state index in [2.05, 4.69) is 23.8 Å². The maximum atomic E-state index is 13.9. The first-order valence-corrected chi connectivity index (χ1v) is 6.51. The first kappa shape index (κ1) is 13.3. The van der Waals surface area contributed by atoms with Crippen LogP contribution in [-0.4, -0.2) is 44.2 Å². The number of halogens is 1. The summed E-state index contributed by atoms with van der Waals surface area (Å²) in [7, 11) is 2.10. The van der Waals surface area contributed by atoms with Crippen molar-refractivity contribution in [3.05, 3.63) is 30.1 Å². The highest BCUT2D eigenvalue weighted by molar-refractivity contribution is 5.49. The van der Waals surface area contributed by atoms with Crippen molar-refractivity contribution in [2.24, 2.45) is 11.7 Å². The number of likely N-dealkylation sites (N-methyl/N-ethyl adjacent to an activating group) is 1. The Kier molecular flexibility index (Phi) is 4.19. The minimum atomic E-state index is -0.160. The van der Waals surface area contributed by atoms with E-state index in [0.29, 0.717) is 18.2 Å². The molecule has 0 aliphatic carbocycles. The molecule has 2 rings (SSSR count). The first-order valence-electron chi connectivity index (χ1n) is 6.51. The smallest absolute Gasteiger partial charge is 0.146 e. The van der Waals surface area contributed by atoms with Gasteiger partial charge in [0, 0.05) is 26.2 Å². The Bertz CT molecular complexity index is 396. The van der Waals surface area contributed by atoms with Gasteiger partial charge < -0.3 is 15.5 Å². The van der Waals surface area contributed by atoms with Gasteiger partial charge in [-0.15, -0.1) is 0 Å². The van der Waals surface area contributed by atoms with Crippen molar-refractivity contribution in [3.8, 4) is 0 Å². The summed E-state index contributed by atoms with van der Waals surface area (Å²) in [4.78, 5) is 4.41. The second kappa shape index (κ2) is 5.67. The van der Waals surface area contributed by atoms with E-state index in [4.69, 9.17) is 5.73 Å². The summed E-state index contributed by atoms with van der Waals surface area (Å²) < 4.78 is 13.9. The van der Waals surface area contributed by atoms with Crippen LogP contribution in [0, 0.1) is 11.7 Å². The molecule has 1 saturated heterocycles. The molecule has 4 heteroatoms. The van der Waals surface area contributed by atoms with Gasteiger partial charge in [0.05, 0.1) is 11.7 Å². The molecule has 1 fully saturated rings. The topological polar surface area (TPSA) is 32.5 Å². The van der Waals surface area contributed by atoms with Gasteiger partial charge in [0.25, 0.3) is 0 Å². The summed E-state index contributed by atoms with van der Waals surface area (Å²) >= 11 is 0. The molecule has 1 aromatic rings. The van der Waals surface area contributed by atoms with Crippen molar-refractivity contribution in [1.29, 1.82) is 0 Å². The molecule has 0 bridgehead atoms. The van der Waals surface area contributed by atoms with E-state index in [1.165, 1.54) is 6.07 Å². The minimum absolute atomic E-state index is 0.160. The SMILES string of the molecule is CC1CN(C)CC(CN)N(c2ccccc2F)C1. The summed E-state index contributed by atoms with van der Waals surface area (Å²) in [5.41, 5.74) is 6.54. The van der Waals surface area contributed by atoms with Crippen molar-refractivity contribution in [3.63, 3.8) is 0 Å². The molecule has 3 nitrogen and oxygen atoms in total. The zero-order chi connectivity index (χ0) is 13.1. The average molecular weight is 251 g/mol. The molecule has 18 heavy (non-hydrogen) atoms. The lowest BCUT2D eigenvalue weighted by molar-refractivity contribution is 0.304. The van der Waals surface area contributed by atoms with Gasteiger partial charge >= 0.3 is 0 Å². The molecule has 0 amide bonds. The van der Waals surface area contributed by atoms with Gasteiger partial charge in [-0.25, -0.2) is 4.39 Å². The lowest BCUT2D eigenvalue weighted by atomic mass is 10.1. The number of anilines is 1. The lowest BCUT2D eigenvalue weighted by Gasteiger charge is -2.32. The third-order valence-electron chi connectivity index (χ3n) is 3.53. The number of hydrogen-bond acceptors (Lipinski definition) is 3. The lowest BCUT2D eigenvalue weighted by Crippen LogP contribution is -2.45. The molecule has 2 N–H and O–H groups in total.